The molecule has 16 nitrogen and oxygen atoms in total. The summed E-state index contributed by atoms with van der Waals surface area (Å²) in [7, 11) is -4.04. The molecule has 0 aliphatic rings. The zero-order valence-electron chi connectivity index (χ0n) is 17.8. The second-order valence-electron chi connectivity index (χ2n) is 6.72. The summed E-state index contributed by atoms with van der Waals surface area (Å²) in [4.78, 5) is 53.8. The third-order valence-corrected chi connectivity index (χ3v) is 4.53. The number of nitrogens with zero attached hydrogens (tertiary/aromatic N) is 3. The van der Waals surface area contributed by atoms with E-state index < -0.39 is 69.6 Å². The molecule has 0 aliphatic carbocycles. The molecule has 0 bridgehead atoms. The molecular weight excluding hydrogens is 473 g/mol. The van der Waals surface area contributed by atoms with E-state index in [0.717, 1.165) is 16.5 Å². The van der Waals surface area contributed by atoms with E-state index in [1.165, 1.54) is 4.90 Å². The number of carboxylic acids is 3. The topological polar surface area (TPSA) is 227 Å². The monoisotopic (exact) mass is 501 g/mol. The lowest BCUT2D eigenvalue weighted by Crippen LogP contribution is -2.49. The van der Waals surface area contributed by atoms with Crippen molar-refractivity contribution >= 4 is 25.5 Å². The van der Waals surface area contributed by atoms with Crippen LogP contribution in [0, 0.1) is 0 Å². The second kappa shape index (κ2) is 14.4. The molecule has 190 valence electrons. The second-order valence-corrected chi connectivity index (χ2v) is 8.58. The molecule has 2 unspecified atom stereocenters. The quantitative estimate of drug-likeness (QED) is 0.0554. The normalized spacial score (nSPS) is 13.8. The Bertz CT molecular complexity index is 724. The van der Waals surface area contributed by atoms with Gasteiger partial charge in [0.15, 0.2) is 0 Å². The smallest absolute Gasteiger partial charge is 0.325 e. The van der Waals surface area contributed by atoms with Crippen molar-refractivity contribution in [2.45, 2.75) is 6.04 Å². The number of hydrogen-bond acceptors (Lipinski definition) is 12. The molecule has 0 amide bonds. The number of carboxylic acid groups (broad SMARTS) is 3. The van der Waals surface area contributed by atoms with E-state index in [-0.39, 0.29) is 19.6 Å². The molecule has 0 aromatic carbocycles. The molecule has 0 aromatic rings. The summed E-state index contributed by atoms with van der Waals surface area (Å²) in [5.41, 5.74) is 0. The van der Waals surface area contributed by atoms with Crippen molar-refractivity contribution in [3.05, 3.63) is 24.9 Å². The van der Waals surface area contributed by atoms with E-state index >= 15 is 0 Å². The Hall–Kier alpha value is -2.72. The zero-order valence-corrected chi connectivity index (χ0v) is 18.7. The van der Waals surface area contributed by atoms with Gasteiger partial charge in [-0.15, -0.1) is 0 Å². The van der Waals surface area contributed by atoms with Gasteiger partial charge in [0.05, 0.1) is 32.3 Å². The van der Waals surface area contributed by atoms with Crippen LogP contribution in [-0.4, -0.2) is 122 Å². The summed E-state index contributed by atoms with van der Waals surface area (Å²) in [6, 6.07) is -1.18. The Morgan fingerprint density at radius 1 is 0.879 bits per heavy atom. The predicted molar refractivity (Wildman–Crippen MR) is 109 cm³/mol. The minimum Gasteiger partial charge on any atom is -0.480 e. The number of aliphatic carboxylic acids is 3. The highest BCUT2D eigenvalue weighted by Gasteiger charge is 2.30. The molecule has 0 rings (SSSR count). The molecule has 0 radical (unpaired) electrons. The van der Waals surface area contributed by atoms with Gasteiger partial charge in [0.1, 0.15) is 0 Å². The van der Waals surface area contributed by atoms with E-state index in [4.69, 9.17) is 25.3 Å². The molecule has 0 fully saturated rings. The van der Waals surface area contributed by atoms with Crippen LogP contribution in [0.2, 0.25) is 0 Å². The molecule has 0 saturated heterocycles. The Kier molecular flexibility index (Phi) is 13.2. The third kappa shape index (κ3) is 13.4. The van der Waals surface area contributed by atoms with E-state index in [1.54, 1.807) is 0 Å². The molecule has 6 N–H and O–H groups in total. The van der Waals surface area contributed by atoms with Gasteiger partial charge in [0.2, 0.25) is 11.8 Å². The highest BCUT2D eigenvalue weighted by molar-refractivity contribution is 7.51. The van der Waals surface area contributed by atoms with Crippen LogP contribution in [0.25, 0.3) is 0 Å². The van der Waals surface area contributed by atoms with Gasteiger partial charge in [-0.1, -0.05) is 0 Å². The van der Waals surface area contributed by atoms with Gasteiger partial charge >= 0.3 is 25.5 Å². The first-order chi connectivity index (χ1) is 15.2. The first kappa shape index (κ1) is 30.3. The molecule has 0 saturated carbocycles. The molecule has 33 heavy (non-hydrogen) atoms. The molecule has 0 spiro atoms. The highest BCUT2D eigenvalue weighted by Crippen LogP contribution is 2.37. The summed E-state index contributed by atoms with van der Waals surface area (Å²) in [6.45, 7) is 4.45. The van der Waals surface area contributed by atoms with Gasteiger partial charge in [-0.3, -0.25) is 33.6 Å². The van der Waals surface area contributed by atoms with E-state index in [9.17, 15) is 28.9 Å². The Morgan fingerprint density at radius 2 is 1.27 bits per heavy atom. The third-order valence-electron chi connectivity index (χ3n) is 3.90. The van der Waals surface area contributed by atoms with Gasteiger partial charge in [-0.25, -0.2) is 10.5 Å². The van der Waals surface area contributed by atoms with E-state index in [1.807, 2.05) is 0 Å². The van der Waals surface area contributed by atoms with Gasteiger partial charge in [0.25, 0.3) is 0 Å². The van der Waals surface area contributed by atoms with Crippen LogP contribution in [0.3, 0.4) is 0 Å². The Labute approximate surface area is 188 Å². The van der Waals surface area contributed by atoms with E-state index in [0.29, 0.717) is 0 Å². The van der Waals surface area contributed by atoms with Crippen LogP contribution >= 0.6 is 7.60 Å². The van der Waals surface area contributed by atoms with Gasteiger partial charge in [0, 0.05) is 26.3 Å². The fourth-order valence-electron chi connectivity index (χ4n) is 2.67. The van der Waals surface area contributed by atoms with Crippen LogP contribution in [0.1, 0.15) is 0 Å². The standard InChI is InChI=1S/C16H28N3O13P/c1-11(31-26)19(12(2)32-27)13(10-30-33(3,28)29)6-17(7-14(20)21)4-5-18(8-15(22)23)9-16(24)25/h13,26-27H,1-2,4-10H2,3H3,(H,20,21)(H,22,23)(H,24,25)(H,28,29). The number of carbonyl (C=O) groups is 3. The fraction of sp³-hybridized carbons (Fsp3) is 0.562. The SMILES string of the molecule is C=C(OO)N(C(=C)OO)C(COP(C)(=O)O)CN(CCN(CC(=O)O)CC(=O)O)CC(=O)O. The molecular formula is C16H28N3O13P. The van der Waals surface area contributed by atoms with Crippen LogP contribution in [0.4, 0.5) is 0 Å². The number of rotatable bonds is 19. The molecule has 0 aromatic heterocycles. The maximum atomic E-state index is 11.6. The Morgan fingerprint density at radius 3 is 1.64 bits per heavy atom. The zero-order chi connectivity index (χ0) is 25.8. The molecule has 0 aliphatic heterocycles. The minimum atomic E-state index is -4.04. The maximum absolute atomic E-state index is 11.6. The van der Waals surface area contributed by atoms with Crippen LogP contribution in [0.5, 0.6) is 0 Å². The van der Waals surface area contributed by atoms with E-state index in [2.05, 4.69) is 22.9 Å². The van der Waals surface area contributed by atoms with Crippen molar-refractivity contribution in [1.82, 2.24) is 14.7 Å². The van der Waals surface area contributed by atoms with Crippen molar-refractivity contribution in [3.63, 3.8) is 0 Å². The summed E-state index contributed by atoms with van der Waals surface area (Å²) < 4.78 is 16.5. The molecule has 0 heterocycles. The van der Waals surface area contributed by atoms with Gasteiger partial charge in [-0.2, -0.15) is 0 Å². The summed E-state index contributed by atoms with van der Waals surface area (Å²) >= 11 is 0. The first-order valence-corrected chi connectivity index (χ1v) is 11.1. The summed E-state index contributed by atoms with van der Waals surface area (Å²) in [6.07, 6.45) is 0. The van der Waals surface area contributed by atoms with Crippen molar-refractivity contribution in [2.75, 3.05) is 52.5 Å². The lowest BCUT2D eigenvalue weighted by Gasteiger charge is -2.35. The predicted octanol–water partition coefficient (Wildman–Crippen LogP) is -0.732. The summed E-state index contributed by atoms with van der Waals surface area (Å²) in [5, 5.41) is 45.0. The average Bonchev–Trinajstić information content (AvgIpc) is 2.67. The largest absolute Gasteiger partial charge is 0.480 e. The van der Waals surface area contributed by atoms with Crippen LogP contribution < -0.4 is 0 Å². The molecule has 17 heteroatoms. The highest BCUT2D eigenvalue weighted by atomic mass is 31.2. The minimum absolute atomic E-state index is 0.168. The lowest BCUT2D eigenvalue weighted by atomic mass is 10.2. The van der Waals surface area contributed by atoms with Crippen molar-refractivity contribution in [1.29, 1.82) is 0 Å². The fourth-order valence-corrected chi connectivity index (χ4v) is 3.12. The van der Waals surface area contributed by atoms with Crippen molar-refractivity contribution in [2.24, 2.45) is 0 Å². The number of hydrogen-bond donors (Lipinski definition) is 6. The lowest BCUT2D eigenvalue weighted by molar-refractivity contribution is -0.257. The maximum Gasteiger partial charge on any atom is 0.325 e. The summed E-state index contributed by atoms with van der Waals surface area (Å²) in [5.74, 6) is -5.04. The van der Waals surface area contributed by atoms with Gasteiger partial charge < -0.3 is 34.5 Å². The molecule has 2 atom stereocenters. The van der Waals surface area contributed by atoms with Gasteiger partial charge in [-0.05, 0) is 13.2 Å². The van der Waals surface area contributed by atoms with Crippen LogP contribution in [-0.2, 0) is 33.2 Å². The van der Waals surface area contributed by atoms with Crippen molar-refractivity contribution in [3.8, 4) is 0 Å². The first-order valence-electron chi connectivity index (χ1n) is 9.04. The van der Waals surface area contributed by atoms with Crippen LogP contribution in [0.15, 0.2) is 24.9 Å². The average molecular weight is 501 g/mol. The van der Waals surface area contributed by atoms with Crippen molar-refractivity contribution < 1.29 is 64.0 Å². The Balaban J connectivity index is 5.81.